The fourth-order valence-electron chi connectivity index (χ4n) is 0.939. The highest BCUT2D eigenvalue weighted by Gasteiger charge is 2.03. The van der Waals surface area contributed by atoms with Gasteiger partial charge in [-0.2, -0.15) is 0 Å². The molecule has 0 aromatic rings. The van der Waals surface area contributed by atoms with Crippen LogP contribution in [-0.4, -0.2) is 48.0 Å². The fraction of sp³-hybridized carbons (Fsp3) is 0.778. The first-order valence-corrected chi connectivity index (χ1v) is 5.22. The summed E-state index contributed by atoms with van der Waals surface area (Å²) in [4.78, 5) is 0. The van der Waals surface area contributed by atoms with E-state index in [2.05, 4.69) is 10.3 Å². The van der Waals surface area contributed by atoms with Crippen LogP contribution in [0.4, 0.5) is 0 Å². The van der Waals surface area contributed by atoms with Crippen LogP contribution in [0.25, 0.3) is 0 Å². The van der Waals surface area contributed by atoms with Crippen LogP contribution >= 0.6 is 0 Å². The molecule has 1 atom stereocenters. The van der Waals surface area contributed by atoms with Crippen LogP contribution in [0.5, 0.6) is 0 Å². The minimum Gasteiger partial charge on any atom is -0.409 e. The number of nitrogens with two attached hydrogens (primary N) is 2. The standard InChI is InChI=1S/C9H20N4O4/c1-7(17-5-3-9(11)13-15)6-16-4-2-8(10)12-14/h7,14-15H,2-6H2,1H3,(H2,10,12)(H2,11,13). The average molecular weight is 248 g/mol. The predicted octanol–water partition coefficient (Wildman–Crippen LogP) is -0.319. The van der Waals surface area contributed by atoms with E-state index >= 15 is 0 Å². The third kappa shape index (κ3) is 9.39. The van der Waals surface area contributed by atoms with Crippen molar-refractivity contribution in [3.8, 4) is 0 Å². The molecule has 0 saturated heterocycles. The van der Waals surface area contributed by atoms with Gasteiger partial charge in [-0.1, -0.05) is 10.3 Å². The van der Waals surface area contributed by atoms with Crippen molar-refractivity contribution in [1.82, 2.24) is 0 Å². The van der Waals surface area contributed by atoms with Crippen LogP contribution in [0, 0.1) is 0 Å². The fourth-order valence-corrected chi connectivity index (χ4v) is 0.939. The highest BCUT2D eigenvalue weighted by Crippen LogP contribution is 1.95. The molecule has 0 bridgehead atoms. The zero-order chi connectivity index (χ0) is 13.1. The number of oxime groups is 2. The Bertz CT molecular complexity index is 257. The SMILES string of the molecule is CC(COCC/C(N)=N\O)OCC/C(N)=N/O. The molecular formula is C9H20N4O4. The first-order chi connectivity index (χ1) is 8.10. The van der Waals surface area contributed by atoms with Gasteiger partial charge in [-0.05, 0) is 6.92 Å². The zero-order valence-corrected chi connectivity index (χ0v) is 9.87. The van der Waals surface area contributed by atoms with E-state index in [0.717, 1.165) is 0 Å². The van der Waals surface area contributed by atoms with Crippen molar-refractivity contribution < 1.29 is 19.9 Å². The quantitative estimate of drug-likeness (QED) is 0.145. The summed E-state index contributed by atoms with van der Waals surface area (Å²) in [7, 11) is 0. The van der Waals surface area contributed by atoms with Crippen molar-refractivity contribution in [2.75, 3.05) is 19.8 Å². The third-order valence-electron chi connectivity index (χ3n) is 1.87. The second-order valence-corrected chi connectivity index (χ2v) is 3.44. The summed E-state index contributed by atoms with van der Waals surface area (Å²) in [5, 5.41) is 22.2. The van der Waals surface area contributed by atoms with E-state index in [4.69, 9.17) is 31.4 Å². The van der Waals surface area contributed by atoms with E-state index in [1.165, 1.54) is 0 Å². The maximum absolute atomic E-state index is 8.29. The van der Waals surface area contributed by atoms with Crippen molar-refractivity contribution in [2.24, 2.45) is 21.8 Å². The van der Waals surface area contributed by atoms with Crippen LogP contribution < -0.4 is 11.5 Å². The molecule has 100 valence electrons. The lowest BCUT2D eigenvalue weighted by Gasteiger charge is -2.12. The molecule has 0 saturated carbocycles. The van der Waals surface area contributed by atoms with Crippen LogP contribution in [0.2, 0.25) is 0 Å². The lowest BCUT2D eigenvalue weighted by Crippen LogP contribution is -2.22. The summed E-state index contributed by atoms with van der Waals surface area (Å²) >= 11 is 0. The second-order valence-electron chi connectivity index (χ2n) is 3.44. The van der Waals surface area contributed by atoms with E-state index < -0.39 is 0 Å². The summed E-state index contributed by atoms with van der Waals surface area (Å²) in [6.07, 6.45) is 0.631. The molecule has 17 heavy (non-hydrogen) atoms. The summed E-state index contributed by atoms with van der Waals surface area (Å²) in [6, 6.07) is 0. The van der Waals surface area contributed by atoms with Crippen molar-refractivity contribution in [3.05, 3.63) is 0 Å². The Labute approximate surface area is 99.9 Å². The van der Waals surface area contributed by atoms with Crippen LogP contribution in [0.15, 0.2) is 10.3 Å². The maximum Gasteiger partial charge on any atom is 0.141 e. The molecule has 6 N–H and O–H groups in total. The largest absolute Gasteiger partial charge is 0.409 e. The van der Waals surface area contributed by atoms with Gasteiger partial charge in [0.2, 0.25) is 0 Å². The van der Waals surface area contributed by atoms with E-state index in [1.807, 2.05) is 6.92 Å². The van der Waals surface area contributed by atoms with Gasteiger partial charge in [0, 0.05) is 12.8 Å². The van der Waals surface area contributed by atoms with Crippen molar-refractivity contribution in [3.63, 3.8) is 0 Å². The average Bonchev–Trinajstić information content (AvgIpc) is 2.33. The van der Waals surface area contributed by atoms with Gasteiger partial charge >= 0.3 is 0 Å². The number of rotatable bonds is 9. The van der Waals surface area contributed by atoms with Gasteiger partial charge in [0.05, 0.1) is 25.9 Å². The third-order valence-corrected chi connectivity index (χ3v) is 1.87. The molecule has 0 aromatic heterocycles. The number of ether oxygens (including phenoxy) is 2. The number of nitrogens with zero attached hydrogens (tertiary/aromatic N) is 2. The van der Waals surface area contributed by atoms with E-state index in [1.54, 1.807) is 0 Å². The summed E-state index contributed by atoms with van der Waals surface area (Å²) in [5.74, 6) is 0.260. The normalized spacial score (nSPS) is 14.9. The van der Waals surface area contributed by atoms with Gasteiger partial charge in [-0.15, -0.1) is 0 Å². The Morgan fingerprint density at radius 2 is 1.65 bits per heavy atom. The zero-order valence-electron chi connectivity index (χ0n) is 9.87. The first kappa shape index (κ1) is 15.5. The van der Waals surface area contributed by atoms with Crippen LogP contribution in [0.1, 0.15) is 19.8 Å². The molecule has 0 aliphatic rings. The molecule has 1 unspecified atom stereocenters. The van der Waals surface area contributed by atoms with Crippen LogP contribution in [0.3, 0.4) is 0 Å². The smallest absolute Gasteiger partial charge is 0.141 e. The predicted molar refractivity (Wildman–Crippen MR) is 62.3 cm³/mol. The number of amidine groups is 2. The van der Waals surface area contributed by atoms with Gasteiger partial charge < -0.3 is 31.4 Å². The van der Waals surface area contributed by atoms with E-state index in [9.17, 15) is 0 Å². The molecule has 0 spiro atoms. The van der Waals surface area contributed by atoms with Gasteiger partial charge in [-0.3, -0.25) is 0 Å². The second kappa shape index (κ2) is 9.67. The van der Waals surface area contributed by atoms with Gasteiger partial charge in [0.25, 0.3) is 0 Å². The first-order valence-electron chi connectivity index (χ1n) is 5.22. The molecule has 0 aliphatic carbocycles. The van der Waals surface area contributed by atoms with Gasteiger partial charge in [0.15, 0.2) is 0 Å². The molecule has 0 amide bonds. The molecular weight excluding hydrogens is 228 g/mol. The highest BCUT2D eigenvalue weighted by atomic mass is 16.5. The number of hydrogen-bond donors (Lipinski definition) is 4. The Kier molecular flexibility index (Phi) is 8.79. The Morgan fingerprint density at radius 1 is 1.12 bits per heavy atom. The maximum atomic E-state index is 8.29. The lowest BCUT2D eigenvalue weighted by atomic mass is 10.4. The summed E-state index contributed by atoms with van der Waals surface area (Å²) in [6.45, 7) is 2.97. The van der Waals surface area contributed by atoms with Crippen LogP contribution in [-0.2, 0) is 9.47 Å². The minimum atomic E-state index is -0.103. The molecule has 8 heteroatoms. The Hall–Kier alpha value is -1.54. The Balaban J connectivity index is 3.44. The number of hydrogen-bond acceptors (Lipinski definition) is 6. The van der Waals surface area contributed by atoms with E-state index in [-0.39, 0.29) is 17.8 Å². The lowest BCUT2D eigenvalue weighted by molar-refractivity contribution is -0.00245. The minimum absolute atomic E-state index is 0.103. The molecule has 0 heterocycles. The molecule has 0 fully saturated rings. The molecule has 8 nitrogen and oxygen atoms in total. The molecule has 0 rings (SSSR count). The van der Waals surface area contributed by atoms with Crippen molar-refractivity contribution in [1.29, 1.82) is 0 Å². The van der Waals surface area contributed by atoms with Crippen molar-refractivity contribution in [2.45, 2.75) is 25.9 Å². The summed E-state index contributed by atoms with van der Waals surface area (Å²) in [5.41, 5.74) is 10.5. The monoisotopic (exact) mass is 248 g/mol. The van der Waals surface area contributed by atoms with Gasteiger partial charge in [-0.25, -0.2) is 0 Å². The topological polar surface area (TPSA) is 136 Å². The molecule has 0 radical (unpaired) electrons. The molecule has 0 aliphatic heterocycles. The highest BCUT2D eigenvalue weighted by molar-refractivity contribution is 5.79. The molecule has 0 aromatic carbocycles. The van der Waals surface area contributed by atoms with Crippen molar-refractivity contribution >= 4 is 11.7 Å². The Morgan fingerprint density at radius 3 is 2.18 bits per heavy atom. The van der Waals surface area contributed by atoms with E-state index in [0.29, 0.717) is 32.7 Å². The van der Waals surface area contributed by atoms with Gasteiger partial charge in [0.1, 0.15) is 11.7 Å². The summed E-state index contributed by atoms with van der Waals surface area (Å²) < 4.78 is 10.6.